The molecule has 2 aromatic rings. The fourth-order valence-electron chi connectivity index (χ4n) is 2.50. The highest BCUT2D eigenvalue weighted by Gasteiger charge is 2.11. The Morgan fingerprint density at radius 3 is 2.27 bits per heavy atom. The van der Waals surface area contributed by atoms with Crippen LogP contribution in [-0.4, -0.2) is 37.4 Å². The Morgan fingerprint density at radius 1 is 1.08 bits per heavy atom. The van der Waals surface area contributed by atoms with Gasteiger partial charge in [-0.1, -0.05) is 15.9 Å². The van der Waals surface area contributed by atoms with Crippen molar-refractivity contribution >= 4 is 39.1 Å². The van der Waals surface area contributed by atoms with Crippen molar-refractivity contribution in [1.82, 2.24) is 4.90 Å². The summed E-state index contributed by atoms with van der Waals surface area (Å²) in [4.78, 5) is 25.2. The summed E-state index contributed by atoms with van der Waals surface area (Å²) < 4.78 is 6.33. The van der Waals surface area contributed by atoms with Gasteiger partial charge in [0, 0.05) is 34.9 Å². The molecule has 0 saturated heterocycles. The van der Waals surface area contributed by atoms with Crippen LogP contribution < -0.4 is 15.4 Å². The summed E-state index contributed by atoms with van der Waals surface area (Å²) in [5.74, 6) is 0.536. The number of likely N-dealkylation sites (N-methyl/N-ethyl adjacent to an activating group) is 1. The third kappa shape index (κ3) is 6.16. The van der Waals surface area contributed by atoms with Gasteiger partial charge in [-0.05, 0) is 49.5 Å². The van der Waals surface area contributed by atoms with Crippen LogP contribution in [-0.2, 0) is 16.1 Å². The molecule has 0 bridgehead atoms. The quantitative estimate of drug-likeness (QED) is 0.720. The second kappa shape index (κ2) is 9.35. The van der Waals surface area contributed by atoms with Gasteiger partial charge in [0.15, 0.2) is 0 Å². The molecule has 0 unspecified atom stereocenters. The molecular weight excluding hydrogens is 398 g/mol. The lowest BCUT2D eigenvalue weighted by atomic mass is 10.2. The average molecular weight is 420 g/mol. The highest BCUT2D eigenvalue weighted by molar-refractivity contribution is 9.10. The molecule has 0 saturated carbocycles. The molecular formula is C19H22BrN3O3. The normalized spacial score (nSPS) is 10.5. The fraction of sp³-hybridized carbons (Fsp3) is 0.263. The Kier molecular flexibility index (Phi) is 7.17. The first-order valence-corrected chi connectivity index (χ1v) is 8.85. The van der Waals surface area contributed by atoms with E-state index in [4.69, 9.17) is 4.74 Å². The molecule has 2 N–H and O–H groups in total. The summed E-state index contributed by atoms with van der Waals surface area (Å²) in [6.45, 7) is 2.27. The third-order valence-corrected chi connectivity index (χ3v) is 4.08. The van der Waals surface area contributed by atoms with E-state index in [1.54, 1.807) is 31.4 Å². The number of hydrogen-bond acceptors (Lipinski definition) is 4. The van der Waals surface area contributed by atoms with Crippen LogP contribution in [0.2, 0.25) is 0 Å². The van der Waals surface area contributed by atoms with Gasteiger partial charge in [0.25, 0.3) is 0 Å². The summed E-state index contributed by atoms with van der Waals surface area (Å²) in [6.07, 6.45) is 0. The molecule has 26 heavy (non-hydrogen) atoms. The molecule has 0 heterocycles. The van der Waals surface area contributed by atoms with Crippen LogP contribution in [0.15, 0.2) is 46.9 Å². The molecule has 2 rings (SSSR count). The van der Waals surface area contributed by atoms with Crippen LogP contribution in [0.1, 0.15) is 12.5 Å². The number of methoxy groups -OCH3 is 1. The van der Waals surface area contributed by atoms with E-state index < -0.39 is 0 Å². The predicted molar refractivity (Wildman–Crippen MR) is 106 cm³/mol. The van der Waals surface area contributed by atoms with Crippen LogP contribution in [0.4, 0.5) is 11.4 Å². The highest BCUT2D eigenvalue weighted by atomic mass is 79.9. The number of carbonyl (C=O) groups excluding carboxylic acids is 2. The van der Waals surface area contributed by atoms with Crippen molar-refractivity contribution < 1.29 is 14.3 Å². The summed E-state index contributed by atoms with van der Waals surface area (Å²) in [6, 6.07) is 12.8. The lowest BCUT2D eigenvalue weighted by molar-refractivity contribution is -0.117. The number of carbonyl (C=O) groups is 2. The van der Waals surface area contributed by atoms with Gasteiger partial charge in [0.1, 0.15) is 5.75 Å². The van der Waals surface area contributed by atoms with Crippen LogP contribution in [0.25, 0.3) is 0 Å². The minimum Gasteiger partial charge on any atom is -0.496 e. The van der Waals surface area contributed by atoms with E-state index in [1.807, 2.05) is 30.1 Å². The van der Waals surface area contributed by atoms with Crippen LogP contribution >= 0.6 is 15.9 Å². The Morgan fingerprint density at radius 2 is 1.69 bits per heavy atom. The predicted octanol–water partition coefficient (Wildman–Crippen LogP) is 3.49. The standard InChI is InChI=1S/C19H22BrN3O3/c1-13(24)21-16-5-7-17(8-6-16)22-19(25)12-23(2)11-14-10-15(20)4-9-18(14)26-3/h4-10H,11-12H2,1-3H3,(H,21,24)(H,22,25). The summed E-state index contributed by atoms with van der Waals surface area (Å²) in [7, 11) is 3.50. The van der Waals surface area contributed by atoms with E-state index in [0.717, 1.165) is 15.8 Å². The Labute approximate surface area is 161 Å². The van der Waals surface area contributed by atoms with Gasteiger partial charge < -0.3 is 15.4 Å². The zero-order valence-electron chi connectivity index (χ0n) is 15.0. The van der Waals surface area contributed by atoms with E-state index in [-0.39, 0.29) is 18.4 Å². The van der Waals surface area contributed by atoms with Gasteiger partial charge in [-0.2, -0.15) is 0 Å². The molecule has 6 nitrogen and oxygen atoms in total. The molecule has 0 aromatic heterocycles. The van der Waals surface area contributed by atoms with Crippen LogP contribution in [0, 0.1) is 0 Å². The third-order valence-electron chi connectivity index (χ3n) is 3.59. The van der Waals surface area contributed by atoms with Gasteiger partial charge in [0.05, 0.1) is 13.7 Å². The SMILES string of the molecule is COc1ccc(Br)cc1CN(C)CC(=O)Nc1ccc(NC(C)=O)cc1. The number of amides is 2. The maximum atomic E-state index is 12.2. The molecule has 2 aromatic carbocycles. The number of ether oxygens (including phenoxy) is 1. The van der Waals surface area contributed by atoms with Crippen molar-refractivity contribution in [1.29, 1.82) is 0 Å². The number of hydrogen-bond donors (Lipinski definition) is 2. The minimum absolute atomic E-state index is 0.117. The van der Waals surface area contributed by atoms with Crippen LogP contribution in [0.3, 0.4) is 0 Å². The number of benzene rings is 2. The average Bonchev–Trinajstić information content (AvgIpc) is 2.56. The van der Waals surface area contributed by atoms with Crippen molar-refractivity contribution in [3.63, 3.8) is 0 Å². The first kappa shape index (κ1) is 19.9. The first-order valence-electron chi connectivity index (χ1n) is 8.06. The number of halogens is 1. The smallest absolute Gasteiger partial charge is 0.238 e. The summed E-state index contributed by atoms with van der Waals surface area (Å²) in [5, 5.41) is 5.53. The lowest BCUT2D eigenvalue weighted by Crippen LogP contribution is -2.30. The van der Waals surface area contributed by atoms with Crippen molar-refractivity contribution in [3.8, 4) is 5.75 Å². The lowest BCUT2D eigenvalue weighted by Gasteiger charge is -2.18. The number of nitrogens with one attached hydrogen (secondary N) is 2. The van der Waals surface area contributed by atoms with Crippen molar-refractivity contribution in [2.24, 2.45) is 0 Å². The molecule has 7 heteroatoms. The zero-order chi connectivity index (χ0) is 19.1. The molecule has 0 radical (unpaired) electrons. The molecule has 0 aliphatic carbocycles. The molecule has 0 atom stereocenters. The number of anilines is 2. The summed E-state index contributed by atoms with van der Waals surface area (Å²) >= 11 is 3.45. The van der Waals surface area contributed by atoms with E-state index in [0.29, 0.717) is 17.9 Å². The van der Waals surface area contributed by atoms with Crippen molar-refractivity contribution in [2.75, 3.05) is 31.3 Å². The first-order chi connectivity index (χ1) is 12.4. The van der Waals surface area contributed by atoms with Gasteiger partial charge in [-0.3, -0.25) is 14.5 Å². The molecule has 0 aliphatic heterocycles. The van der Waals surface area contributed by atoms with Gasteiger partial charge in [0.2, 0.25) is 11.8 Å². The maximum absolute atomic E-state index is 12.2. The topological polar surface area (TPSA) is 70.7 Å². The number of rotatable bonds is 7. The highest BCUT2D eigenvalue weighted by Crippen LogP contribution is 2.24. The van der Waals surface area contributed by atoms with Gasteiger partial charge in [-0.25, -0.2) is 0 Å². The van der Waals surface area contributed by atoms with Gasteiger partial charge in [-0.15, -0.1) is 0 Å². The Bertz CT molecular complexity index is 778. The van der Waals surface area contributed by atoms with Gasteiger partial charge >= 0.3 is 0 Å². The van der Waals surface area contributed by atoms with E-state index >= 15 is 0 Å². The maximum Gasteiger partial charge on any atom is 0.238 e. The molecule has 0 aliphatic rings. The van der Waals surface area contributed by atoms with Crippen LogP contribution in [0.5, 0.6) is 5.75 Å². The zero-order valence-corrected chi connectivity index (χ0v) is 16.6. The molecule has 138 valence electrons. The van der Waals surface area contributed by atoms with Crippen molar-refractivity contribution in [2.45, 2.75) is 13.5 Å². The van der Waals surface area contributed by atoms with E-state index in [2.05, 4.69) is 26.6 Å². The summed E-state index contributed by atoms with van der Waals surface area (Å²) in [5.41, 5.74) is 2.36. The second-order valence-electron chi connectivity index (χ2n) is 5.94. The van der Waals surface area contributed by atoms with E-state index in [9.17, 15) is 9.59 Å². The Balaban J connectivity index is 1.91. The largest absolute Gasteiger partial charge is 0.496 e. The number of nitrogens with zero attached hydrogens (tertiary/aromatic N) is 1. The Hall–Kier alpha value is -2.38. The van der Waals surface area contributed by atoms with E-state index in [1.165, 1.54) is 6.92 Å². The monoisotopic (exact) mass is 419 g/mol. The molecule has 2 amide bonds. The molecule has 0 fully saturated rings. The fourth-order valence-corrected chi connectivity index (χ4v) is 2.91. The second-order valence-corrected chi connectivity index (χ2v) is 6.85. The molecule has 0 spiro atoms. The minimum atomic E-state index is -0.133. The van der Waals surface area contributed by atoms with Crippen molar-refractivity contribution in [3.05, 3.63) is 52.5 Å².